The molecule has 0 aliphatic heterocycles. The van der Waals surface area contributed by atoms with Gasteiger partial charge in [0.25, 0.3) is 0 Å². The van der Waals surface area contributed by atoms with Gasteiger partial charge in [0.15, 0.2) is 0 Å². The summed E-state index contributed by atoms with van der Waals surface area (Å²) in [7, 11) is 1.59. The lowest BCUT2D eigenvalue weighted by molar-refractivity contribution is -0.119. The molecule has 6 heteroatoms. The number of nitriles is 1. The van der Waals surface area contributed by atoms with E-state index in [1.807, 2.05) is 18.2 Å². The van der Waals surface area contributed by atoms with Gasteiger partial charge in [-0.3, -0.25) is 4.79 Å². The van der Waals surface area contributed by atoms with Crippen LogP contribution in [-0.2, 0) is 4.79 Å². The molecule has 0 saturated heterocycles. The van der Waals surface area contributed by atoms with Gasteiger partial charge >= 0.3 is 0 Å². The number of methoxy groups -OCH3 is 1. The van der Waals surface area contributed by atoms with E-state index < -0.39 is 0 Å². The topological polar surface area (TPSA) is 74.2 Å². The van der Waals surface area contributed by atoms with Gasteiger partial charge in [-0.1, -0.05) is 0 Å². The summed E-state index contributed by atoms with van der Waals surface area (Å²) in [4.78, 5) is 11.4. The van der Waals surface area contributed by atoms with Gasteiger partial charge < -0.3 is 15.4 Å². The molecule has 0 atom stereocenters. The SMILES string of the molecule is COc1ccc(NCC(=O)NCCC#N)cc1Br. The van der Waals surface area contributed by atoms with E-state index in [0.29, 0.717) is 13.0 Å². The number of hydrogen-bond donors (Lipinski definition) is 2. The highest BCUT2D eigenvalue weighted by Crippen LogP contribution is 2.27. The van der Waals surface area contributed by atoms with Crippen LogP contribution in [0.3, 0.4) is 0 Å². The molecule has 0 aliphatic carbocycles. The quantitative estimate of drug-likeness (QED) is 0.787. The van der Waals surface area contributed by atoms with Crippen molar-refractivity contribution in [3.63, 3.8) is 0 Å². The molecule has 0 bridgehead atoms. The second kappa shape index (κ2) is 7.56. The first kappa shape index (κ1) is 14.3. The van der Waals surface area contributed by atoms with Gasteiger partial charge in [0.2, 0.25) is 5.91 Å². The number of carbonyl (C=O) groups is 1. The highest BCUT2D eigenvalue weighted by Gasteiger charge is 2.03. The number of rotatable bonds is 6. The summed E-state index contributed by atoms with van der Waals surface area (Å²) < 4.78 is 5.93. The summed E-state index contributed by atoms with van der Waals surface area (Å²) >= 11 is 3.36. The third-order valence-electron chi connectivity index (χ3n) is 2.16. The summed E-state index contributed by atoms with van der Waals surface area (Å²) in [6, 6.07) is 7.43. The van der Waals surface area contributed by atoms with Gasteiger partial charge in [0.1, 0.15) is 5.75 Å². The summed E-state index contributed by atoms with van der Waals surface area (Å²) in [5.41, 5.74) is 0.818. The van der Waals surface area contributed by atoms with Crippen LogP contribution in [0.2, 0.25) is 0 Å². The number of halogens is 1. The molecule has 5 nitrogen and oxygen atoms in total. The Hall–Kier alpha value is -1.74. The smallest absolute Gasteiger partial charge is 0.239 e. The second-order valence-electron chi connectivity index (χ2n) is 3.46. The van der Waals surface area contributed by atoms with Crippen molar-refractivity contribution in [1.29, 1.82) is 5.26 Å². The van der Waals surface area contributed by atoms with Gasteiger partial charge in [0.05, 0.1) is 30.6 Å². The van der Waals surface area contributed by atoms with Crippen molar-refractivity contribution in [3.05, 3.63) is 22.7 Å². The molecule has 0 radical (unpaired) electrons. The van der Waals surface area contributed by atoms with Crippen molar-refractivity contribution in [1.82, 2.24) is 5.32 Å². The third kappa shape index (κ3) is 4.63. The number of hydrogen-bond acceptors (Lipinski definition) is 4. The predicted molar refractivity (Wildman–Crippen MR) is 72.4 cm³/mol. The Balaban J connectivity index is 2.42. The standard InChI is InChI=1S/C12H14BrN3O2/c1-18-11-4-3-9(7-10(11)13)16-8-12(17)15-6-2-5-14/h3-4,7,16H,2,6,8H2,1H3,(H,15,17). The van der Waals surface area contributed by atoms with E-state index >= 15 is 0 Å². The van der Waals surface area contributed by atoms with E-state index in [1.165, 1.54) is 0 Å². The molecule has 1 rings (SSSR count). The molecule has 96 valence electrons. The predicted octanol–water partition coefficient (Wildman–Crippen LogP) is 1.90. The number of amides is 1. The van der Waals surface area contributed by atoms with Crippen LogP contribution in [0.1, 0.15) is 6.42 Å². The van der Waals surface area contributed by atoms with Crippen molar-refractivity contribution in [2.75, 3.05) is 25.5 Å². The van der Waals surface area contributed by atoms with E-state index in [1.54, 1.807) is 13.2 Å². The fourth-order valence-corrected chi connectivity index (χ4v) is 1.82. The van der Waals surface area contributed by atoms with Crippen LogP contribution in [0.15, 0.2) is 22.7 Å². The zero-order valence-electron chi connectivity index (χ0n) is 10.00. The Morgan fingerprint density at radius 2 is 2.33 bits per heavy atom. The zero-order chi connectivity index (χ0) is 13.4. The summed E-state index contributed by atoms with van der Waals surface area (Å²) in [6.45, 7) is 0.549. The third-order valence-corrected chi connectivity index (χ3v) is 2.78. The maximum Gasteiger partial charge on any atom is 0.239 e. The normalized spacial score (nSPS) is 9.39. The van der Waals surface area contributed by atoms with Crippen molar-refractivity contribution in [2.24, 2.45) is 0 Å². The molecular weight excluding hydrogens is 298 g/mol. The lowest BCUT2D eigenvalue weighted by atomic mass is 10.3. The van der Waals surface area contributed by atoms with Crippen LogP contribution in [0, 0.1) is 11.3 Å². The zero-order valence-corrected chi connectivity index (χ0v) is 11.6. The molecule has 2 N–H and O–H groups in total. The van der Waals surface area contributed by atoms with E-state index in [-0.39, 0.29) is 12.5 Å². The largest absolute Gasteiger partial charge is 0.496 e. The number of benzene rings is 1. The summed E-state index contributed by atoms with van der Waals surface area (Å²) in [5, 5.41) is 13.9. The first-order valence-corrected chi connectivity index (χ1v) is 6.17. The Morgan fingerprint density at radius 3 is 2.94 bits per heavy atom. The lowest BCUT2D eigenvalue weighted by Gasteiger charge is -2.09. The van der Waals surface area contributed by atoms with E-state index in [9.17, 15) is 4.79 Å². The number of carbonyl (C=O) groups excluding carboxylic acids is 1. The highest BCUT2D eigenvalue weighted by molar-refractivity contribution is 9.10. The van der Waals surface area contributed by atoms with Gasteiger partial charge in [-0.25, -0.2) is 0 Å². The molecule has 0 fully saturated rings. The average molecular weight is 312 g/mol. The molecule has 0 aromatic heterocycles. The maximum atomic E-state index is 11.4. The van der Waals surface area contributed by atoms with Gasteiger partial charge in [-0.05, 0) is 34.1 Å². The Kier molecular flexibility index (Phi) is 6.01. The number of ether oxygens (including phenoxy) is 1. The minimum Gasteiger partial charge on any atom is -0.496 e. The Labute approximate surface area is 114 Å². The molecule has 1 aromatic rings. The highest BCUT2D eigenvalue weighted by atomic mass is 79.9. The van der Waals surface area contributed by atoms with Crippen LogP contribution in [0.25, 0.3) is 0 Å². The van der Waals surface area contributed by atoms with Gasteiger partial charge in [-0.15, -0.1) is 0 Å². The van der Waals surface area contributed by atoms with Crippen molar-refractivity contribution < 1.29 is 9.53 Å². The Morgan fingerprint density at radius 1 is 1.56 bits per heavy atom. The first-order chi connectivity index (χ1) is 8.67. The monoisotopic (exact) mass is 311 g/mol. The second-order valence-corrected chi connectivity index (χ2v) is 4.32. The van der Waals surface area contributed by atoms with Gasteiger partial charge in [0, 0.05) is 12.2 Å². The fraction of sp³-hybridized carbons (Fsp3) is 0.333. The summed E-state index contributed by atoms with van der Waals surface area (Å²) in [6.07, 6.45) is 0.319. The van der Waals surface area contributed by atoms with Crippen LogP contribution < -0.4 is 15.4 Å². The molecule has 0 heterocycles. The van der Waals surface area contributed by atoms with Crippen LogP contribution >= 0.6 is 15.9 Å². The van der Waals surface area contributed by atoms with E-state index in [0.717, 1.165) is 15.9 Å². The molecule has 1 amide bonds. The molecule has 0 saturated carbocycles. The van der Waals surface area contributed by atoms with Crippen LogP contribution in [0.4, 0.5) is 5.69 Å². The van der Waals surface area contributed by atoms with E-state index in [4.69, 9.17) is 10.00 Å². The number of anilines is 1. The van der Waals surface area contributed by atoms with E-state index in [2.05, 4.69) is 26.6 Å². The van der Waals surface area contributed by atoms with Crippen molar-refractivity contribution in [2.45, 2.75) is 6.42 Å². The fourth-order valence-electron chi connectivity index (χ4n) is 1.28. The molecule has 0 unspecified atom stereocenters. The minimum atomic E-state index is -0.141. The Bertz CT molecular complexity index is 457. The lowest BCUT2D eigenvalue weighted by Crippen LogP contribution is -2.30. The summed E-state index contributed by atoms with van der Waals surface area (Å²) in [5.74, 6) is 0.594. The van der Waals surface area contributed by atoms with Crippen molar-refractivity contribution >= 4 is 27.5 Å². The maximum absolute atomic E-state index is 11.4. The number of nitrogens with zero attached hydrogens (tertiary/aromatic N) is 1. The first-order valence-electron chi connectivity index (χ1n) is 5.38. The molecular formula is C12H14BrN3O2. The van der Waals surface area contributed by atoms with Gasteiger partial charge in [-0.2, -0.15) is 5.26 Å². The average Bonchev–Trinajstić information content (AvgIpc) is 2.37. The van der Waals surface area contributed by atoms with Crippen LogP contribution in [0.5, 0.6) is 5.75 Å². The molecule has 0 spiro atoms. The minimum absolute atomic E-state index is 0.141. The van der Waals surface area contributed by atoms with Crippen molar-refractivity contribution in [3.8, 4) is 11.8 Å². The number of nitrogens with one attached hydrogen (secondary N) is 2. The van der Waals surface area contributed by atoms with Crippen LogP contribution in [-0.4, -0.2) is 26.1 Å². The molecule has 0 aliphatic rings. The molecule has 18 heavy (non-hydrogen) atoms. The molecule has 1 aromatic carbocycles.